The van der Waals surface area contributed by atoms with Crippen LogP contribution in [0.1, 0.15) is 18.9 Å². The lowest BCUT2D eigenvalue weighted by Crippen LogP contribution is -2.22. The molecule has 0 aliphatic carbocycles. The lowest BCUT2D eigenvalue weighted by atomic mass is 10.0. The van der Waals surface area contributed by atoms with Crippen LogP contribution in [0.2, 0.25) is 5.02 Å². The number of halogens is 2. The van der Waals surface area contributed by atoms with Gasteiger partial charge in [-0.1, -0.05) is 48.5 Å². The van der Waals surface area contributed by atoms with Gasteiger partial charge in [0.1, 0.15) is 5.82 Å². The van der Waals surface area contributed by atoms with Crippen molar-refractivity contribution in [3.8, 4) is 0 Å². The number of hydrogen-bond acceptors (Lipinski definition) is 2. The molecule has 0 amide bonds. The zero-order chi connectivity index (χ0) is 14.5. The van der Waals surface area contributed by atoms with Gasteiger partial charge >= 0.3 is 0 Å². The minimum Gasteiger partial charge on any atom is -0.327 e. The van der Waals surface area contributed by atoms with E-state index in [-0.39, 0.29) is 11.9 Å². The van der Waals surface area contributed by atoms with E-state index in [9.17, 15) is 4.39 Å². The SMILES string of the molecule is CCC(N)Cc1c(F)cccc1Sc1ccccc1Cl. The molecule has 1 atom stereocenters. The Kier molecular flexibility index (Phi) is 5.46. The summed E-state index contributed by atoms with van der Waals surface area (Å²) in [6.45, 7) is 2.01. The van der Waals surface area contributed by atoms with Crippen LogP contribution < -0.4 is 5.73 Å². The first-order chi connectivity index (χ1) is 9.61. The number of hydrogen-bond donors (Lipinski definition) is 1. The van der Waals surface area contributed by atoms with Crippen molar-refractivity contribution in [3.05, 3.63) is 58.9 Å². The molecular weight excluding hydrogens is 293 g/mol. The van der Waals surface area contributed by atoms with Crippen LogP contribution in [0.15, 0.2) is 52.3 Å². The molecule has 0 aromatic heterocycles. The van der Waals surface area contributed by atoms with Crippen molar-refractivity contribution in [2.45, 2.75) is 35.6 Å². The van der Waals surface area contributed by atoms with Crippen LogP contribution in [0, 0.1) is 5.82 Å². The molecule has 1 nitrogen and oxygen atoms in total. The summed E-state index contributed by atoms with van der Waals surface area (Å²) in [7, 11) is 0. The first kappa shape index (κ1) is 15.4. The monoisotopic (exact) mass is 309 g/mol. The van der Waals surface area contributed by atoms with Gasteiger partial charge in [-0.15, -0.1) is 0 Å². The van der Waals surface area contributed by atoms with E-state index < -0.39 is 0 Å². The van der Waals surface area contributed by atoms with Crippen LogP contribution in [-0.2, 0) is 6.42 Å². The van der Waals surface area contributed by atoms with Gasteiger partial charge in [0.2, 0.25) is 0 Å². The predicted octanol–water partition coefficient (Wildman–Crippen LogP) is 4.91. The summed E-state index contributed by atoms with van der Waals surface area (Å²) in [5.74, 6) is -0.203. The highest BCUT2D eigenvalue weighted by Crippen LogP contribution is 2.36. The van der Waals surface area contributed by atoms with Gasteiger partial charge in [0.05, 0.1) is 5.02 Å². The second-order valence-electron chi connectivity index (χ2n) is 4.62. The third-order valence-electron chi connectivity index (χ3n) is 3.12. The molecule has 20 heavy (non-hydrogen) atoms. The zero-order valence-corrected chi connectivity index (χ0v) is 12.8. The largest absolute Gasteiger partial charge is 0.327 e. The molecule has 0 bridgehead atoms. The Balaban J connectivity index is 2.32. The number of rotatable bonds is 5. The quantitative estimate of drug-likeness (QED) is 0.849. The Labute approximate surface area is 128 Å². The summed E-state index contributed by atoms with van der Waals surface area (Å²) in [6.07, 6.45) is 1.36. The second-order valence-corrected chi connectivity index (χ2v) is 6.11. The molecule has 0 aliphatic heterocycles. The van der Waals surface area contributed by atoms with Gasteiger partial charge in [-0.05, 0) is 37.1 Å². The molecule has 2 aromatic carbocycles. The molecule has 0 saturated carbocycles. The molecule has 2 rings (SSSR count). The maximum Gasteiger partial charge on any atom is 0.127 e. The smallest absolute Gasteiger partial charge is 0.127 e. The van der Waals surface area contributed by atoms with Crippen LogP contribution in [-0.4, -0.2) is 6.04 Å². The molecule has 0 fully saturated rings. The third-order valence-corrected chi connectivity index (χ3v) is 4.74. The number of nitrogens with two attached hydrogens (primary N) is 1. The lowest BCUT2D eigenvalue weighted by Gasteiger charge is -2.14. The van der Waals surface area contributed by atoms with Crippen molar-refractivity contribution < 1.29 is 4.39 Å². The van der Waals surface area contributed by atoms with Crippen LogP contribution >= 0.6 is 23.4 Å². The fourth-order valence-corrected chi connectivity index (χ4v) is 3.14. The number of benzene rings is 2. The van der Waals surface area contributed by atoms with Crippen LogP contribution in [0.3, 0.4) is 0 Å². The maximum atomic E-state index is 14.0. The van der Waals surface area contributed by atoms with E-state index in [0.29, 0.717) is 17.0 Å². The van der Waals surface area contributed by atoms with Gasteiger partial charge < -0.3 is 5.73 Å². The molecule has 2 N–H and O–H groups in total. The lowest BCUT2D eigenvalue weighted by molar-refractivity contribution is 0.571. The van der Waals surface area contributed by atoms with Crippen molar-refractivity contribution in [3.63, 3.8) is 0 Å². The molecule has 0 aliphatic rings. The van der Waals surface area contributed by atoms with E-state index in [4.69, 9.17) is 17.3 Å². The van der Waals surface area contributed by atoms with Gasteiger partial charge in [0.25, 0.3) is 0 Å². The van der Waals surface area contributed by atoms with Gasteiger partial charge in [0.15, 0.2) is 0 Å². The molecule has 1 unspecified atom stereocenters. The van der Waals surface area contributed by atoms with Crippen molar-refractivity contribution in [2.24, 2.45) is 5.73 Å². The van der Waals surface area contributed by atoms with Crippen LogP contribution in [0.4, 0.5) is 4.39 Å². The van der Waals surface area contributed by atoms with E-state index in [1.807, 2.05) is 37.3 Å². The van der Waals surface area contributed by atoms with Crippen molar-refractivity contribution in [2.75, 3.05) is 0 Å². The maximum absolute atomic E-state index is 14.0. The Morgan fingerprint density at radius 3 is 2.55 bits per heavy atom. The van der Waals surface area contributed by atoms with E-state index in [2.05, 4.69) is 0 Å². The fourth-order valence-electron chi connectivity index (χ4n) is 1.89. The van der Waals surface area contributed by atoms with E-state index in [1.54, 1.807) is 6.07 Å². The van der Waals surface area contributed by atoms with Crippen molar-refractivity contribution >= 4 is 23.4 Å². The molecule has 106 valence electrons. The van der Waals surface area contributed by atoms with Crippen LogP contribution in [0.25, 0.3) is 0 Å². The summed E-state index contributed by atoms with van der Waals surface area (Å²) in [6, 6.07) is 12.6. The second kappa shape index (κ2) is 7.11. The summed E-state index contributed by atoms with van der Waals surface area (Å²) >= 11 is 7.64. The summed E-state index contributed by atoms with van der Waals surface area (Å²) in [5, 5.41) is 0.674. The Morgan fingerprint density at radius 2 is 1.85 bits per heavy atom. The molecule has 0 heterocycles. The van der Waals surface area contributed by atoms with Crippen LogP contribution in [0.5, 0.6) is 0 Å². The minimum absolute atomic E-state index is 0.0301. The van der Waals surface area contributed by atoms with E-state index in [1.165, 1.54) is 17.8 Å². The van der Waals surface area contributed by atoms with Crippen molar-refractivity contribution in [1.29, 1.82) is 0 Å². The highest BCUT2D eigenvalue weighted by molar-refractivity contribution is 7.99. The Hall–Kier alpha value is -1.03. The molecule has 0 radical (unpaired) electrons. The summed E-state index contributed by atoms with van der Waals surface area (Å²) in [5.41, 5.74) is 6.64. The van der Waals surface area contributed by atoms with E-state index >= 15 is 0 Å². The standard InChI is InChI=1S/C16H17ClFNS/c1-2-11(19)10-12-14(18)7-5-9-15(12)20-16-8-4-3-6-13(16)17/h3-9,11H,2,10,19H2,1H3. The first-order valence-corrected chi connectivity index (χ1v) is 7.76. The van der Waals surface area contributed by atoms with E-state index in [0.717, 1.165) is 16.2 Å². The molecule has 4 heteroatoms. The molecule has 2 aromatic rings. The van der Waals surface area contributed by atoms with Gasteiger partial charge in [-0.25, -0.2) is 4.39 Å². The molecule has 0 saturated heterocycles. The average Bonchev–Trinajstić information content (AvgIpc) is 2.44. The van der Waals surface area contributed by atoms with Crippen molar-refractivity contribution in [1.82, 2.24) is 0 Å². The average molecular weight is 310 g/mol. The Morgan fingerprint density at radius 1 is 1.15 bits per heavy atom. The highest BCUT2D eigenvalue weighted by atomic mass is 35.5. The van der Waals surface area contributed by atoms with Gasteiger partial charge in [0, 0.05) is 21.4 Å². The fraction of sp³-hybridized carbons (Fsp3) is 0.250. The minimum atomic E-state index is -0.203. The van der Waals surface area contributed by atoms with Gasteiger partial charge in [-0.3, -0.25) is 0 Å². The summed E-state index contributed by atoms with van der Waals surface area (Å²) < 4.78 is 14.0. The summed E-state index contributed by atoms with van der Waals surface area (Å²) in [4.78, 5) is 1.80. The predicted molar refractivity (Wildman–Crippen MR) is 83.9 cm³/mol. The molecule has 0 spiro atoms. The third kappa shape index (κ3) is 3.75. The Bertz CT molecular complexity index is 588. The molecular formula is C16H17ClFNS. The zero-order valence-electron chi connectivity index (χ0n) is 11.3. The topological polar surface area (TPSA) is 26.0 Å². The van der Waals surface area contributed by atoms with Gasteiger partial charge in [-0.2, -0.15) is 0 Å². The normalized spacial score (nSPS) is 12.4. The first-order valence-electron chi connectivity index (χ1n) is 6.57. The highest BCUT2D eigenvalue weighted by Gasteiger charge is 2.13.